The van der Waals surface area contributed by atoms with Crippen LogP contribution in [0.2, 0.25) is 0 Å². The van der Waals surface area contributed by atoms with Crippen LogP contribution in [-0.4, -0.2) is 62.7 Å². The van der Waals surface area contributed by atoms with Crippen molar-refractivity contribution in [1.29, 1.82) is 0 Å². The fourth-order valence-corrected chi connectivity index (χ4v) is 4.59. The average Bonchev–Trinajstić information content (AvgIpc) is 3.55. The van der Waals surface area contributed by atoms with E-state index in [1.807, 2.05) is 25.8 Å². The zero-order valence-corrected chi connectivity index (χ0v) is 21.5. The minimum atomic E-state index is -4.79. The fraction of sp³-hybridized carbons (Fsp3) is 0.500. The summed E-state index contributed by atoms with van der Waals surface area (Å²) in [6.45, 7) is 4.64. The number of hydrogen-bond donors (Lipinski definition) is 1. The number of likely N-dealkylation sites (N-methyl/N-ethyl adjacent to an activating group) is 1. The highest BCUT2D eigenvalue weighted by Gasteiger charge is 2.39. The van der Waals surface area contributed by atoms with E-state index in [-0.39, 0.29) is 36.6 Å². The maximum Gasteiger partial charge on any atom is 0.435 e. The molecule has 1 fully saturated rings. The Kier molecular flexibility index (Phi) is 8.29. The lowest BCUT2D eigenvalue weighted by Crippen LogP contribution is -2.44. The van der Waals surface area contributed by atoms with Crippen molar-refractivity contribution in [2.75, 3.05) is 20.1 Å². The van der Waals surface area contributed by atoms with Gasteiger partial charge in [0.05, 0.1) is 23.2 Å². The summed E-state index contributed by atoms with van der Waals surface area (Å²) in [4.78, 5) is 27.4. The van der Waals surface area contributed by atoms with E-state index < -0.39 is 23.3 Å². The Balaban J connectivity index is 1.28. The Bertz CT molecular complexity index is 1250. The molecule has 2 aromatic heterocycles. The van der Waals surface area contributed by atoms with Crippen LogP contribution in [0.4, 0.5) is 13.2 Å². The predicted octanol–water partition coefficient (Wildman–Crippen LogP) is 4.35. The molecule has 0 aliphatic carbocycles. The van der Waals surface area contributed by atoms with E-state index in [0.717, 1.165) is 17.3 Å². The van der Waals surface area contributed by atoms with Crippen molar-refractivity contribution in [2.24, 2.45) is 0 Å². The Labute approximate surface area is 218 Å². The van der Waals surface area contributed by atoms with E-state index in [0.29, 0.717) is 36.9 Å². The molecule has 1 aliphatic rings. The van der Waals surface area contributed by atoms with Crippen LogP contribution in [0.15, 0.2) is 40.9 Å². The van der Waals surface area contributed by atoms with Crippen molar-refractivity contribution in [2.45, 2.75) is 63.6 Å². The number of ketones is 1. The van der Waals surface area contributed by atoms with Crippen LogP contribution < -0.4 is 5.32 Å². The third kappa shape index (κ3) is 6.29. The Morgan fingerprint density at radius 2 is 1.89 bits per heavy atom. The van der Waals surface area contributed by atoms with Crippen LogP contribution >= 0.6 is 0 Å². The third-order valence-corrected chi connectivity index (χ3v) is 6.63. The average molecular weight is 533 g/mol. The fourth-order valence-electron chi connectivity index (χ4n) is 4.59. The maximum atomic E-state index is 13.5. The molecule has 38 heavy (non-hydrogen) atoms. The molecule has 1 aromatic carbocycles. The van der Waals surface area contributed by atoms with Gasteiger partial charge in [0.15, 0.2) is 5.69 Å². The molecule has 2 atom stereocenters. The van der Waals surface area contributed by atoms with Crippen LogP contribution in [0.25, 0.3) is 5.69 Å². The number of piperidine rings is 1. The number of Topliss-reactive ketones (excluding diaryl/α,β-unsaturated/α-hetero) is 1. The van der Waals surface area contributed by atoms with Crippen LogP contribution in [0.1, 0.15) is 79.2 Å². The first-order chi connectivity index (χ1) is 18.0. The van der Waals surface area contributed by atoms with Crippen molar-refractivity contribution in [3.8, 4) is 5.69 Å². The molecule has 0 radical (unpaired) electrons. The van der Waals surface area contributed by atoms with Crippen molar-refractivity contribution < 1.29 is 27.2 Å². The predicted molar refractivity (Wildman–Crippen MR) is 132 cm³/mol. The number of carbonyl (C=O) groups excluding carboxylic acids is 2. The molecule has 3 heterocycles. The molecule has 0 saturated carbocycles. The Morgan fingerprint density at radius 1 is 1.16 bits per heavy atom. The second kappa shape index (κ2) is 11.5. The first-order valence-electron chi connectivity index (χ1n) is 12.6. The zero-order valence-electron chi connectivity index (χ0n) is 21.5. The number of benzene rings is 1. The number of aromatic nitrogens is 4. The van der Waals surface area contributed by atoms with Gasteiger partial charge < -0.3 is 9.73 Å². The van der Waals surface area contributed by atoms with Gasteiger partial charge in [0, 0.05) is 31.6 Å². The summed E-state index contributed by atoms with van der Waals surface area (Å²) >= 11 is 0. The topological polar surface area (TPSA) is 106 Å². The number of amides is 1. The lowest BCUT2D eigenvalue weighted by molar-refractivity contribution is -0.141. The van der Waals surface area contributed by atoms with Gasteiger partial charge in [-0.2, -0.15) is 18.3 Å². The molecule has 1 amide bonds. The summed E-state index contributed by atoms with van der Waals surface area (Å²) in [5.74, 6) is 0.530. The zero-order chi connectivity index (χ0) is 27.4. The van der Waals surface area contributed by atoms with E-state index >= 15 is 0 Å². The Hall–Kier alpha value is -3.54. The van der Waals surface area contributed by atoms with Gasteiger partial charge in [-0.1, -0.05) is 32.0 Å². The molecule has 3 aromatic rings. The third-order valence-electron chi connectivity index (χ3n) is 6.63. The van der Waals surface area contributed by atoms with Gasteiger partial charge in [0.2, 0.25) is 11.8 Å². The molecule has 1 saturated heterocycles. The minimum Gasteiger partial charge on any atom is -0.425 e. The second-order valence-electron chi connectivity index (χ2n) is 9.86. The number of carbonyl (C=O) groups is 2. The second-order valence-corrected chi connectivity index (χ2v) is 9.86. The Morgan fingerprint density at radius 3 is 2.53 bits per heavy atom. The van der Waals surface area contributed by atoms with Crippen molar-refractivity contribution in [3.05, 3.63) is 59.6 Å². The summed E-state index contributed by atoms with van der Waals surface area (Å²) < 4.78 is 47.4. The molecule has 4 rings (SSSR count). The van der Waals surface area contributed by atoms with Gasteiger partial charge in [0.1, 0.15) is 5.78 Å². The first kappa shape index (κ1) is 27.5. The van der Waals surface area contributed by atoms with E-state index in [9.17, 15) is 22.8 Å². The largest absolute Gasteiger partial charge is 0.435 e. The lowest BCUT2D eigenvalue weighted by atomic mass is 9.90. The van der Waals surface area contributed by atoms with Crippen LogP contribution in [0.3, 0.4) is 0 Å². The number of hydrogen-bond acceptors (Lipinski definition) is 7. The van der Waals surface area contributed by atoms with Gasteiger partial charge in [-0.25, -0.2) is 4.68 Å². The number of alkyl halides is 3. The smallest absolute Gasteiger partial charge is 0.425 e. The van der Waals surface area contributed by atoms with Gasteiger partial charge in [-0.3, -0.25) is 14.5 Å². The first-order valence-corrected chi connectivity index (χ1v) is 12.6. The number of nitrogens with one attached hydrogen (secondary N) is 1. The van der Waals surface area contributed by atoms with E-state index in [2.05, 4.69) is 20.6 Å². The van der Waals surface area contributed by atoms with Crippen molar-refractivity contribution in [1.82, 2.24) is 30.2 Å². The monoisotopic (exact) mass is 532 g/mol. The molecule has 12 heteroatoms. The van der Waals surface area contributed by atoms with Crippen molar-refractivity contribution in [3.63, 3.8) is 0 Å². The summed E-state index contributed by atoms with van der Waals surface area (Å²) in [7, 11) is 1.87. The number of rotatable bonds is 9. The van der Waals surface area contributed by atoms with E-state index in [1.165, 1.54) is 0 Å². The molecule has 0 spiro atoms. The van der Waals surface area contributed by atoms with Gasteiger partial charge >= 0.3 is 6.18 Å². The molecule has 0 bridgehead atoms. The normalized spacial score (nSPS) is 18.6. The molecule has 204 valence electrons. The molecule has 1 N–H and O–H groups in total. The highest BCUT2D eigenvalue weighted by molar-refractivity contribution is 5.95. The summed E-state index contributed by atoms with van der Waals surface area (Å²) in [5, 5.41) is 14.3. The summed E-state index contributed by atoms with van der Waals surface area (Å²) in [6.07, 6.45) is -1.83. The number of likely N-dealkylation sites (tertiary alicyclic amines) is 1. The number of nitrogens with zero attached hydrogens (tertiary/aromatic N) is 5. The standard InChI is InChI=1S/C26H31F3N6O3/c1-16(2)24-31-32-25(38-24)17-11-12-20(34(3)14-17)21(36)10-7-13-30-23(37)19-15-35(18-8-5-4-6-9-18)33-22(19)26(27,28)29/h4-6,8-9,15-17,20H,7,10-14H2,1-3H3,(H,30,37)/t17-,20+/m0/s1. The number of para-hydroxylation sites is 1. The number of halogens is 3. The molecular weight excluding hydrogens is 501 g/mol. The van der Waals surface area contributed by atoms with E-state index in [1.54, 1.807) is 30.3 Å². The highest BCUT2D eigenvalue weighted by atomic mass is 19.4. The highest BCUT2D eigenvalue weighted by Crippen LogP contribution is 2.32. The SMILES string of the molecule is CC(C)c1nnc([C@H]2CC[C@H](C(=O)CCCNC(=O)c3cn(-c4ccccc4)nc3C(F)(F)F)N(C)C2)o1. The summed E-state index contributed by atoms with van der Waals surface area (Å²) in [5.41, 5.74) is -1.41. The molecule has 0 unspecified atom stereocenters. The minimum absolute atomic E-state index is 0.0291. The lowest BCUT2D eigenvalue weighted by Gasteiger charge is -2.35. The van der Waals surface area contributed by atoms with Gasteiger partial charge in [0.25, 0.3) is 5.91 Å². The molecular formula is C26H31F3N6O3. The molecule has 9 nitrogen and oxygen atoms in total. The van der Waals surface area contributed by atoms with Crippen LogP contribution in [0, 0.1) is 0 Å². The quantitative estimate of drug-likeness (QED) is 0.408. The van der Waals surface area contributed by atoms with Crippen LogP contribution in [0.5, 0.6) is 0 Å². The molecule has 1 aliphatic heterocycles. The maximum absolute atomic E-state index is 13.5. The van der Waals surface area contributed by atoms with Gasteiger partial charge in [-0.15, -0.1) is 10.2 Å². The van der Waals surface area contributed by atoms with Gasteiger partial charge in [-0.05, 0) is 38.4 Å². The van der Waals surface area contributed by atoms with E-state index in [4.69, 9.17) is 4.42 Å². The van der Waals surface area contributed by atoms with Crippen LogP contribution in [-0.2, 0) is 11.0 Å². The summed E-state index contributed by atoms with van der Waals surface area (Å²) in [6, 6.07) is 7.98. The van der Waals surface area contributed by atoms with Crippen molar-refractivity contribution >= 4 is 11.7 Å².